The fourth-order valence-corrected chi connectivity index (χ4v) is 1.79. The van der Waals surface area contributed by atoms with E-state index in [0.29, 0.717) is 0 Å². The molecule has 8 heteroatoms. The van der Waals surface area contributed by atoms with Crippen LogP contribution in [0.5, 0.6) is 11.5 Å². The summed E-state index contributed by atoms with van der Waals surface area (Å²) in [7, 11) is -4.25. The molecule has 0 saturated carbocycles. The molecule has 0 radical (unpaired) electrons. The number of hydrogen-bond acceptors (Lipinski definition) is 4. The van der Waals surface area contributed by atoms with Gasteiger partial charge in [-0.2, -0.15) is 0 Å². The lowest BCUT2D eigenvalue weighted by molar-refractivity contribution is 0.0696. The van der Waals surface area contributed by atoms with E-state index in [1.807, 2.05) is 0 Å². The number of aromatic hydroxyl groups is 2. The van der Waals surface area contributed by atoms with Crippen molar-refractivity contribution in [2.24, 2.45) is 0 Å². The monoisotopic (exact) mass is 262 g/mol. The molecule has 0 atom stereocenters. The highest BCUT2D eigenvalue weighted by Crippen LogP contribution is 2.38. The highest BCUT2D eigenvalue weighted by Gasteiger charge is 2.17. The van der Waals surface area contributed by atoms with Gasteiger partial charge in [-0.25, -0.2) is 4.79 Å². The van der Waals surface area contributed by atoms with E-state index in [1.165, 1.54) is 0 Å². The van der Waals surface area contributed by atoms with Crippen LogP contribution in [0.4, 0.5) is 0 Å². The molecule has 17 heavy (non-hydrogen) atoms. The van der Waals surface area contributed by atoms with Crippen LogP contribution in [0.3, 0.4) is 0 Å². The zero-order valence-electron chi connectivity index (χ0n) is 8.57. The van der Waals surface area contributed by atoms with Crippen LogP contribution in [0.25, 0.3) is 0 Å². The van der Waals surface area contributed by atoms with E-state index in [1.54, 1.807) is 0 Å². The standard InChI is InChI=1S/C9H11O7P/c10-7-4-6(9(12)13)3-5(8(7)11)1-2-17(14,15)16/h3-4,10-11H,1-2H2,(H,12,13)(H2,14,15,16). The second kappa shape index (κ2) is 4.75. The molecule has 0 aliphatic heterocycles. The predicted molar refractivity (Wildman–Crippen MR) is 57.3 cm³/mol. The largest absolute Gasteiger partial charge is 0.504 e. The molecular weight excluding hydrogens is 251 g/mol. The molecule has 7 nitrogen and oxygen atoms in total. The van der Waals surface area contributed by atoms with Crippen LogP contribution in [0.15, 0.2) is 12.1 Å². The summed E-state index contributed by atoms with van der Waals surface area (Å²) in [6.07, 6.45) is -0.770. The van der Waals surface area contributed by atoms with Crippen molar-refractivity contribution in [3.05, 3.63) is 23.3 Å². The van der Waals surface area contributed by atoms with Crippen molar-refractivity contribution in [3.8, 4) is 11.5 Å². The Labute approximate surface area is 96.1 Å². The Bertz CT molecular complexity index is 490. The highest BCUT2D eigenvalue weighted by atomic mass is 31.2. The fraction of sp³-hybridized carbons (Fsp3) is 0.222. The third-order valence-electron chi connectivity index (χ3n) is 2.09. The van der Waals surface area contributed by atoms with Crippen LogP contribution in [-0.4, -0.2) is 37.2 Å². The maximum Gasteiger partial charge on any atom is 0.335 e. The third-order valence-corrected chi connectivity index (χ3v) is 2.89. The first-order chi connectivity index (χ1) is 7.70. The van der Waals surface area contributed by atoms with Crippen LogP contribution >= 0.6 is 7.60 Å². The number of phenolic OH excluding ortho intramolecular Hbond substituents is 2. The van der Waals surface area contributed by atoms with Crippen LogP contribution < -0.4 is 0 Å². The summed E-state index contributed by atoms with van der Waals surface area (Å²) >= 11 is 0. The number of carbonyl (C=O) groups is 1. The maximum atomic E-state index is 10.7. The van der Waals surface area contributed by atoms with Gasteiger partial charge in [0.2, 0.25) is 0 Å². The molecule has 0 bridgehead atoms. The van der Waals surface area contributed by atoms with Crippen molar-refractivity contribution in [1.82, 2.24) is 0 Å². The van der Waals surface area contributed by atoms with Gasteiger partial charge in [-0.15, -0.1) is 0 Å². The van der Waals surface area contributed by atoms with E-state index in [4.69, 9.17) is 14.9 Å². The molecule has 1 aromatic carbocycles. The average Bonchev–Trinajstić information content (AvgIpc) is 2.18. The Balaban J connectivity index is 3.06. The molecule has 5 N–H and O–H groups in total. The number of aryl methyl sites for hydroxylation is 1. The van der Waals surface area contributed by atoms with Crippen molar-refractivity contribution in [3.63, 3.8) is 0 Å². The number of benzene rings is 1. The van der Waals surface area contributed by atoms with Gasteiger partial charge in [-0.05, 0) is 24.1 Å². The Hall–Kier alpha value is -1.56. The predicted octanol–water partition coefficient (Wildman–Crippen LogP) is 0.516. The van der Waals surface area contributed by atoms with E-state index in [0.717, 1.165) is 12.1 Å². The smallest absolute Gasteiger partial charge is 0.335 e. The molecule has 0 fully saturated rings. The van der Waals surface area contributed by atoms with Gasteiger partial charge < -0.3 is 25.1 Å². The van der Waals surface area contributed by atoms with Crippen molar-refractivity contribution in [1.29, 1.82) is 0 Å². The minimum atomic E-state index is -4.25. The van der Waals surface area contributed by atoms with Gasteiger partial charge in [0, 0.05) is 0 Å². The van der Waals surface area contributed by atoms with Crippen molar-refractivity contribution in [2.45, 2.75) is 6.42 Å². The van der Waals surface area contributed by atoms with E-state index < -0.39 is 31.2 Å². The van der Waals surface area contributed by atoms with E-state index in [2.05, 4.69) is 0 Å². The Morgan fingerprint density at radius 1 is 1.24 bits per heavy atom. The summed E-state index contributed by atoms with van der Waals surface area (Å²) < 4.78 is 10.7. The molecule has 0 aliphatic rings. The first kappa shape index (κ1) is 13.5. The van der Waals surface area contributed by atoms with E-state index >= 15 is 0 Å². The van der Waals surface area contributed by atoms with E-state index in [-0.39, 0.29) is 17.5 Å². The van der Waals surface area contributed by atoms with Gasteiger partial charge in [0.15, 0.2) is 11.5 Å². The second-order valence-corrected chi connectivity index (χ2v) is 5.22. The summed E-state index contributed by atoms with van der Waals surface area (Å²) in [6.45, 7) is 0. The molecule has 94 valence electrons. The lowest BCUT2D eigenvalue weighted by Crippen LogP contribution is -2.00. The Morgan fingerprint density at radius 3 is 2.29 bits per heavy atom. The SMILES string of the molecule is O=C(O)c1cc(O)c(O)c(CCP(=O)(O)O)c1. The Morgan fingerprint density at radius 2 is 1.82 bits per heavy atom. The molecule has 0 amide bonds. The first-order valence-corrected chi connectivity index (χ1v) is 6.33. The minimum Gasteiger partial charge on any atom is -0.504 e. The molecule has 0 unspecified atom stereocenters. The first-order valence-electron chi connectivity index (χ1n) is 4.53. The Kier molecular flexibility index (Phi) is 3.77. The second-order valence-electron chi connectivity index (χ2n) is 3.45. The van der Waals surface area contributed by atoms with Gasteiger partial charge in [-0.3, -0.25) is 4.57 Å². The maximum absolute atomic E-state index is 10.7. The zero-order chi connectivity index (χ0) is 13.2. The number of carboxylic acids is 1. The average molecular weight is 262 g/mol. The quantitative estimate of drug-likeness (QED) is 0.394. The lowest BCUT2D eigenvalue weighted by Gasteiger charge is -2.08. The highest BCUT2D eigenvalue weighted by molar-refractivity contribution is 7.51. The molecule has 0 aromatic heterocycles. The number of rotatable bonds is 4. The summed E-state index contributed by atoms with van der Waals surface area (Å²) in [5.41, 5.74) is -0.285. The summed E-state index contributed by atoms with van der Waals surface area (Å²) in [4.78, 5) is 28.0. The van der Waals surface area contributed by atoms with Gasteiger partial charge in [0.1, 0.15) is 0 Å². The number of hydrogen-bond donors (Lipinski definition) is 5. The van der Waals surface area contributed by atoms with E-state index in [9.17, 15) is 19.6 Å². The van der Waals surface area contributed by atoms with Gasteiger partial charge in [0.25, 0.3) is 0 Å². The molecule has 0 saturated heterocycles. The third kappa shape index (κ3) is 3.74. The van der Waals surface area contributed by atoms with Crippen LogP contribution in [0.1, 0.15) is 15.9 Å². The normalized spacial score (nSPS) is 11.4. The molecule has 0 spiro atoms. The molecule has 0 heterocycles. The van der Waals surface area contributed by atoms with Crippen molar-refractivity contribution in [2.75, 3.05) is 6.16 Å². The molecule has 1 rings (SSSR count). The zero-order valence-corrected chi connectivity index (χ0v) is 9.46. The molecule has 0 aliphatic carbocycles. The number of aromatic carboxylic acids is 1. The number of phenols is 2. The van der Waals surface area contributed by atoms with Crippen LogP contribution in [0.2, 0.25) is 0 Å². The topological polar surface area (TPSA) is 135 Å². The van der Waals surface area contributed by atoms with Crippen LogP contribution in [-0.2, 0) is 11.0 Å². The fourth-order valence-electron chi connectivity index (χ4n) is 1.26. The summed E-state index contributed by atoms with van der Waals surface area (Å²) in [6, 6.07) is 1.92. The van der Waals surface area contributed by atoms with Crippen LogP contribution in [0, 0.1) is 0 Å². The number of carboxylic acid groups (broad SMARTS) is 1. The van der Waals surface area contributed by atoms with Crippen molar-refractivity contribution < 1.29 is 34.5 Å². The van der Waals surface area contributed by atoms with Gasteiger partial charge in [0.05, 0.1) is 11.7 Å². The molecular formula is C9H11O7P. The molecule has 1 aromatic rings. The summed E-state index contributed by atoms with van der Waals surface area (Å²) in [5.74, 6) is -2.51. The van der Waals surface area contributed by atoms with Crippen molar-refractivity contribution >= 4 is 13.6 Å². The summed E-state index contributed by atoms with van der Waals surface area (Å²) in [5, 5.41) is 27.4. The minimum absolute atomic E-state index is 0.0225. The lowest BCUT2D eigenvalue weighted by atomic mass is 10.1. The van der Waals surface area contributed by atoms with Gasteiger partial charge >= 0.3 is 13.6 Å². The van der Waals surface area contributed by atoms with Gasteiger partial charge in [-0.1, -0.05) is 0 Å².